The monoisotopic (exact) mass is 283 g/mol. The van der Waals surface area contributed by atoms with Crippen molar-refractivity contribution in [3.63, 3.8) is 0 Å². The van der Waals surface area contributed by atoms with E-state index >= 15 is 0 Å². The molecule has 2 aliphatic rings. The van der Waals surface area contributed by atoms with Gasteiger partial charge in [-0.2, -0.15) is 0 Å². The second-order valence-corrected chi connectivity index (χ2v) is 6.50. The normalized spacial score (nSPS) is 31.9. The number of hydrogen-bond acceptors (Lipinski definition) is 2. The minimum absolute atomic E-state index is 0.333. The first-order valence-corrected chi connectivity index (χ1v) is 7.27. The van der Waals surface area contributed by atoms with Crippen LogP contribution in [0.25, 0.3) is 0 Å². The second-order valence-electron chi connectivity index (χ2n) is 6.09. The number of halogens is 2. The number of benzene rings is 1. The van der Waals surface area contributed by atoms with Crippen LogP contribution >= 0.6 is 11.6 Å². The van der Waals surface area contributed by atoms with Crippen molar-refractivity contribution >= 4 is 11.6 Å². The maximum absolute atomic E-state index is 13.0. The van der Waals surface area contributed by atoms with Gasteiger partial charge in [-0.05, 0) is 43.9 Å². The molecule has 0 aromatic heterocycles. The number of aliphatic hydroxyl groups is 1. The van der Waals surface area contributed by atoms with E-state index in [-0.39, 0.29) is 5.82 Å². The van der Waals surface area contributed by atoms with Gasteiger partial charge in [0.1, 0.15) is 5.82 Å². The van der Waals surface area contributed by atoms with Crippen molar-refractivity contribution < 1.29 is 9.50 Å². The molecule has 1 heterocycles. The zero-order chi connectivity index (χ0) is 13.6. The molecule has 0 spiro atoms. The predicted octanol–water partition coefficient (Wildman–Crippen LogP) is 3.01. The van der Waals surface area contributed by atoms with Crippen LogP contribution in [0.15, 0.2) is 18.2 Å². The third-order valence-corrected chi connectivity index (χ3v) is 4.62. The Morgan fingerprint density at radius 3 is 2.84 bits per heavy atom. The topological polar surface area (TPSA) is 23.5 Å². The van der Waals surface area contributed by atoms with Crippen LogP contribution < -0.4 is 0 Å². The van der Waals surface area contributed by atoms with Crippen molar-refractivity contribution in [3.05, 3.63) is 34.6 Å². The molecule has 3 rings (SSSR count). The summed E-state index contributed by atoms with van der Waals surface area (Å²) in [6.45, 7) is 2.87. The predicted molar refractivity (Wildman–Crippen MR) is 73.9 cm³/mol. The number of β-amino-alcohol motifs (C(OH)–C–C–N with tert-alkyl or cyclic N) is 1. The van der Waals surface area contributed by atoms with Gasteiger partial charge in [-0.25, -0.2) is 4.39 Å². The third kappa shape index (κ3) is 2.78. The molecular formula is C15H19ClFNO. The van der Waals surface area contributed by atoms with E-state index in [4.69, 9.17) is 11.6 Å². The Bertz CT molecular complexity index is 491. The van der Waals surface area contributed by atoms with Gasteiger partial charge in [0.05, 0.1) is 5.60 Å². The zero-order valence-electron chi connectivity index (χ0n) is 11.1. The maximum atomic E-state index is 13.0. The number of rotatable bonds is 3. The Kier molecular flexibility index (Phi) is 3.32. The molecule has 19 heavy (non-hydrogen) atoms. The lowest BCUT2D eigenvalue weighted by atomic mass is 9.92. The molecule has 0 amide bonds. The summed E-state index contributed by atoms with van der Waals surface area (Å²) < 4.78 is 13.0. The van der Waals surface area contributed by atoms with E-state index in [1.807, 2.05) is 0 Å². The molecular weight excluding hydrogens is 265 g/mol. The van der Waals surface area contributed by atoms with Gasteiger partial charge >= 0.3 is 0 Å². The fourth-order valence-corrected chi connectivity index (χ4v) is 3.50. The van der Waals surface area contributed by atoms with Crippen LogP contribution in [0.3, 0.4) is 0 Å². The van der Waals surface area contributed by atoms with E-state index in [0.717, 1.165) is 12.0 Å². The van der Waals surface area contributed by atoms with E-state index in [2.05, 4.69) is 11.8 Å². The first-order valence-electron chi connectivity index (χ1n) is 6.89. The molecule has 1 aliphatic carbocycles. The van der Waals surface area contributed by atoms with Crippen LogP contribution in [0, 0.1) is 5.82 Å². The minimum atomic E-state index is -0.733. The molecule has 1 saturated heterocycles. The van der Waals surface area contributed by atoms with Crippen molar-refractivity contribution in [2.75, 3.05) is 6.54 Å². The Morgan fingerprint density at radius 2 is 2.21 bits per heavy atom. The molecule has 1 aromatic carbocycles. The largest absolute Gasteiger partial charge is 0.388 e. The highest BCUT2D eigenvalue weighted by atomic mass is 35.5. The van der Waals surface area contributed by atoms with E-state index in [9.17, 15) is 9.50 Å². The molecule has 0 bridgehead atoms. The zero-order valence-corrected chi connectivity index (χ0v) is 11.8. The SMILES string of the molecule is CC1CC(O)(Cc2ccc(F)cc2Cl)CN1C1CC1. The smallest absolute Gasteiger partial charge is 0.124 e. The molecule has 2 atom stereocenters. The summed E-state index contributed by atoms with van der Waals surface area (Å²) >= 11 is 6.05. The van der Waals surface area contributed by atoms with Crippen LogP contribution in [-0.2, 0) is 6.42 Å². The first-order chi connectivity index (χ1) is 8.97. The van der Waals surface area contributed by atoms with Gasteiger partial charge in [-0.3, -0.25) is 4.90 Å². The summed E-state index contributed by atoms with van der Waals surface area (Å²) in [5, 5.41) is 11.2. The molecule has 0 radical (unpaired) electrons. The Morgan fingerprint density at radius 1 is 1.47 bits per heavy atom. The van der Waals surface area contributed by atoms with Gasteiger partial charge in [-0.1, -0.05) is 17.7 Å². The maximum Gasteiger partial charge on any atom is 0.124 e. The van der Waals surface area contributed by atoms with Crippen LogP contribution in [0.2, 0.25) is 5.02 Å². The van der Waals surface area contributed by atoms with E-state index in [0.29, 0.717) is 30.1 Å². The van der Waals surface area contributed by atoms with Gasteiger partial charge in [0, 0.05) is 30.1 Å². The standard InChI is InChI=1S/C15H19ClFNO/c1-10-7-15(19,9-18(10)13-4-5-13)8-11-2-3-12(17)6-14(11)16/h2-3,6,10,13,19H,4-5,7-9H2,1H3. The highest BCUT2D eigenvalue weighted by molar-refractivity contribution is 6.31. The molecule has 2 unspecified atom stereocenters. The molecule has 2 fully saturated rings. The molecule has 1 aliphatic heterocycles. The average Bonchev–Trinajstić information content (AvgIpc) is 3.10. The summed E-state index contributed by atoms with van der Waals surface area (Å²) in [6.07, 6.45) is 3.76. The summed E-state index contributed by atoms with van der Waals surface area (Å²) in [7, 11) is 0. The molecule has 1 saturated carbocycles. The van der Waals surface area contributed by atoms with Crippen molar-refractivity contribution in [3.8, 4) is 0 Å². The van der Waals surface area contributed by atoms with Crippen LogP contribution in [0.1, 0.15) is 31.7 Å². The lowest BCUT2D eigenvalue weighted by Gasteiger charge is -2.24. The highest BCUT2D eigenvalue weighted by Crippen LogP contribution is 2.39. The first kappa shape index (κ1) is 13.3. The molecule has 104 valence electrons. The number of hydrogen-bond donors (Lipinski definition) is 1. The molecule has 1 aromatic rings. The second kappa shape index (κ2) is 4.72. The van der Waals surface area contributed by atoms with Gasteiger partial charge in [0.25, 0.3) is 0 Å². The highest BCUT2D eigenvalue weighted by Gasteiger charge is 2.46. The lowest BCUT2D eigenvalue weighted by Crippen LogP contribution is -2.36. The Balaban J connectivity index is 1.75. The molecule has 2 nitrogen and oxygen atoms in total. The molecule has 4 heteroatoms. The van der Waals surface area contributed by atoms with Crippen molar-refractivity contribution in [2.24, 2.45) is 0 Å². The Hall–Kier alpha value is -0.640. The number of nitrogens with zero attached hydrogens (tertiary/aromatic N) is 1. The fraction of sp³-hybridized carbons (Fsp3) is 0.600. The van der Waals surface area contributed by atoms with Gasteiger partial charge in [0.15, 0.2) is 0 Å². The Labute approximate surface area is 118 Å². The van der Waals surface area contributed by atoms with Crippen LogP contribution in [0.4, 0.5) is 4.39 Å². The third-order valence-electron chi connectivity index (χ3n) is 4.27. The van der Waals surface area contributed by atoms with Crippen molar-refractivity contribution in [1.82, 2.24) is 4.90 Å². The minimum Gasteiger partial charge on any atom is -0.388 e. The van der Waals surface area contributed by atoms with E-state index in [1.165, 1.54) is 25.0 Å². The van der Waals surface area contributed by atoms with Crippen molar-refractivity contribution in [2.45, 2.75) is 50.3 Å². The summed E-state index contributed by atoms with van der Waals surface area (Å²) in [5.74, 6) is -0.333. The summed E-state index contributed by atoms with van der Waals surface area (Å²) in [5.41, 5.74) is 0.0964. The van der Waals surface area contributed by atoms with Gasteiger partial charge in [-0.15, -0.1) is 0 Å². The van der Waals surface area contributed by atoms with Crippen LogP contribution in [0.5, 0.6) is 0 Å². The van der Waals surface area contributed by atoms with Gasteiger partial charge < -0.3 is 5.11 Å². The lowest BCUT2D eigenvalue weighted by molar-refractivity contribution is 0.0487. The average molecular weight is 284 g/mol. The number of likely N-dealkylation sites (tertiary alicyclic amines) is 1. The van der Waals surface area contributed by atoms with E-state index < -0.39 is 5.60 Å². The fourth-order valence-electron chi connectivity index (χ4n) is 3.27. The quantitative estimate of drug-likeness (QED) is 0.922. The summed E-state index contributed by atoms with van der Waals surface area (Å²) in [6, 6.07) is 5.48. The van der Waals surface area contributed by atoms with Crippen LogP contribution in [-0.4, -0.2) is 34.2 Å². The summed E-state index contributed by atoms with van der Waals surface area (Å²) in [4.78, 5) is 2.40. The van der Waals surface area contributed by atoms with Gasteiger partial charge in [0.2, 0.25) is 0 Å². The molecule has 1 N–H and O–H groups in total. The van der Waals surface area contributed by atoms with Crippen molar-refractivity contribution in [1.29, 1.82) is 0 Å². The van der Waals surface area contributed by atoms with E-state index in [1.54, 1.807) is 6.07 Å².